The first-order valence-electron chi connectivity index (χ1n) is 7.80. The molecule has 0 spiro atoms. The van der Waals surface area contributed by atoms with E-state index in [0.717, 1.165) is 0 Å². The fraction of sp³-hybridized carbons (Fsp3) is 0.100. The number of ether oxygens (including phenoxy) is 2. The smallest absolute Gasteiger partial charge is 0.193 e. The zero-order valence-corrected chi connectivity index (χ0v) is 14.3. The number of rotatable bonds is 5. The Kier molecular flexibility index (Phi) is 4.75. The third-order valence-electron chi connectivity index (χ3n) is 3.90. The molecule has 2 aromatic carbocycles. The van der Waals surface area contributed by atoms with Crippen LogP contribution < -0.4 is 9.47 Å². The second kappa shape index (κ2) is 7.14. The average molecular weight is 351 g/mol. The molecule has 26 heavy (non-hydrogen) atoms. The molecule has 0 atom stereocenters. The van der Waals surface area contributed by atoms with Crippen molar-refractivity contribution in [2.75, 3.05) is 14.2 Å². The molecule has 0 fully saturated rings. The number of aromatic nitrogens is 1. The number of carbonyl (C=O) groups excluding carboxylic acids is 1. The van der Waals surface area contributed by atoms with Gasteiger partial charge >= 0.3 is 0 Å². The Balaban J connectivity index is 2.14. The van der Waals surface area contributed by atoms with Crippen molar-refractivity contribution in [3.8, 4) is 23.0 Å². The Morgan fingerprint density at radius 1 is 1.08 bits per heavy atom. The SMILES string of the molecule is COc1c(O)c(C(=O)C=Cc2cccc(O)c2)c(OC)c2ncccc12. The molecule has 0 aliphatic heterocycles. The standard InChI is InChI=1S/C20H17NO5/c1-25-19-14-7-4-10-21-17(14)20(26-2)16(18(19)24)15(23)9-8-12-5-3-6-13(22)11-12/h3-11,22,24H,1-2H3. The lowest BCUT2D eigenvalue weighted by Crippen LogP contribution is -2.03. The molecule has 0 unspecified atom stereocenters. The van der Waals surface area contributed by atoms with Gasteiger partial charge in [0.1, 0.15) is 16.8 Å². The molecule has 0 aliphatic rings. The van der Waals surface area contributed by atoms with Gasteiger partial charge in [0.05, 0.1) is 14.2 Å². The summed E-state index contributed by atoms with van der Waals surface area (Å²) in [5.41, 5.74) is 1.02. The number of pyridine rings is 1. The van der Waals surface area contributed by atoms with Gasteiger partial charge in [-0.15, -0.1) is 0 Å². The summed E-state index contributed by atoms with van der Waals surface area (Å²) < 4.78 is 10.6. The van der Waals surface area contributed by atoms with Gasteiger partial charge in [-0.1, -0.05) is 18.2 Å². The van der Waals surface area contributed by atoms with E-state index in [1.165, 1.54) is 38.5 Å². The summed E-state index contributed by atoms with van der Waals surface area (Å²) in [5.74, 6) is -0.368. The van der Waals surface area contributed by atoms with Gasteiger partial charge in [0.15, 0.2) is 23.0 Å². The molecule has 0 radical (unpaired) electrons. The van der Waals surface area contributed by atoms with Crippen LogP contribution in [0.3, 0.4) is 0 Å². The largest absolute Gasteiger partial charge is 0.508 e. The van der Waals surface area contributed by atoms with Gasteiger partial charge in [0, 0.05) is 11.6 Å². The highest BCUT2D eigenvalue weighted by atomic mass is 16.5. The van der Waals surface area contributed by atoms with Gasteiger partial charge in [-0.25, -0.2) is 0 Å². The van der Waals surface area contributed by atoms with E-state index in [2.05, 4.69) is 4.98 Å². The van der Waals surface area contributed by atoms with Crippen molar-refractivity contribution < 1.29 is 24.5 Å². The van der Waals surface area contributed by atoms with E-state index in [4.69, 9.17) is 9.47 Å². The van der Waals surface area contributed by atoms with E-state index in [1.54, 1.807) is 30.5 Å². The summed E-state index contributed by atoms with van der Waals surface area (Å²) in [6, 6.07) is 9.88. The maximum atomic E-state index is 12.7. The summed E-state index contributed by atoms with van der Waals surface area (Å²) in [6.07, 6.45) is 4.40. The first-order chi connectivity index (χ1) is 12.6. The Hall–Kier alpha value is -3.54. The molecule has 0 amide bonds. The van der Waals surface area contributed by atoms with Crippen molar-refractivity contribution in [2.45, 2.75) is 0 Å². The summed E-state index contributed by atoms with van der Waals surface area (Å²) in [4.78, 5) is 17.0. The van der Waals surface area contributed by atoms with Crippen molar-refractivity contribution in [1.29, 1.82) is 0 Å². The van der Waals surface area contributed by atoms with Crippen molar-refractivity contribution in [2.24, 2.45) is 0 Å². The molecular formula is C20H17NO5. The molecule has 0 aliphatic carbocycles. The van der Waals surface area contributed by atoms with E-state index in [1.807, 2.05) is 0 Å². The van der Waals surface area contributed by atoms with Crippen molar-refractivity contribution >= 4 is 22.8 Å². The van der Waals surface area contributed by atoms with Crippen LogP contribution in [0.2, 0.25) is 0 Å². The second-order valence-electron chi connectivity index (χ2n) is 5.48. The van der Waals surface area contributed by atoms with Gasteiger partial charge in [0.25, 0.3) is 0 Å². The molecule has 6 nitrogen and oxygen atoms in total. The van der Waals surface area contributed by atoms with Crippen LogP contribution in [0.15, 0.2) is 48.7 Å². The number of allylic oxidation sites excluding steroid dienone is 1. The predicted octanol–water partition coefficient (Wildman–Crippen LogP) is 3.56. The number of aromatic hydroxyl groups is 2. The number of hydrogen-bond acceptors (Lipinski definition) is 6. The average Bonchev–Trinajstić information content (AvgIpc) is 2.65. The maximum absolute atomic E-state index is 12.7. The molecule has 6 heteroatoms. The lowest BCUT2D eigenvalue weighted by Gasteiger charge is -2.15. The minimum atomic E-state index is -0.478. The lowest BCUT2D eigenvalue weighted by molar-refractivity contribution is 0.104. The zero-order valence-electron chi connectivity index (χ0n) is 14.3. The number of hydrogen-bond donors (Lipinski definition) is 2. The third kappa shape index (κ3) is 3.04. The summed E-state index contributed by atoms with van der Waals surface area (Å²) in [7, 11) is 2.82. The monoisotopic (exact) mass is 351 g/mol. The first-order valence-corrected chi connectivity index (χ1v) is 7.80. The highest BCUT2D eigenvalue weighted by molar-refractivity contribution is 6.15. The van der Waals surface area contributed by atoms with E-state index in [-0.39, 0.29) is 28.6 Å². The second-order valence-corrected chi connectivity index (χ2v) is 5.48. The van der Waals surface area contributed by atoms with Crippen LogP contribution in [-0.2, 0) is 0 Å². The van der Waals surface area contributed by atoms with Crippen molar-refractivity contribution in [1.82, 2.24) is 4.98 Å². The molecule has 132 valence electrons. The van der Waals surface area contributed by atoms with Crippen LogP contribution in [-0.4, -0.2) is 35.2 Å². The van der Waals surface area contributed by atoms with Gasteiger partial charge in [0.2, 0.25) is 0 Å². The van der Waals surface area contributed by atoms with E-state index < -0.39 is 5.78 Å². The highest BCUT2D eigenvalue weighted by Gasteiger charge is 2.25. The maximum Gasteiger partial charge on any atom is 0.193 e. The van der Waals surface area contributed by atoms with Crippen LogP contribution in [0.25, 0.3) is 17.0 Å². The number of phenolic OH excluding ortho intramolecular Hbond substituents is 2. The van der Waals surface area contributed by atoms with Gasteiger partial charge in [-0.2, -0.15) is 0 Å². The van der Waals surface area contributed by atoms with Crippen LogP contribution in [0, 0.1) is 0 Å². The number of nitrogens with zero attached hydrogens (tertiary/aromatic N) is 1. The summed E-state index contributed by atoms with van der Waals surface area (Å²) in [6.45, 7) is 0. The van der Waals surface area contributed by atoms with E-state index in [0.29, 0.717) is 16.5 Å². The van der Waals surface area contributed by atoms with Crippen molar-refractivity contribution in [3.05, 3.63) is 59.8 Å². The Labute approximate surface area is 150 Å². The molecular weight excluding hydrogens is 334 g/mol. The minimum Gasteiger partial charge on any atom is -0.508 e. The van der Waals surface area contributed by atoms with Gasteiger partial charge < -0.3 is 19.7 Å². The number of ketones is 1. The minimum absolute atomic E-state index is 0.0352. The Morgan fingerprint density at radius 3 is 2.54 bits per heavy atom. The molecule has 1 heterocycles. The fourth-order valence-corrected chi connectivity index (χ4v) is 2.75. The van der Waals surface area contributed by atoms with Crippen LogP contribution in [0.5, 0.6) is 23.0 Å². The van der Waals surface area contributed by atoms with Crippen LogP contribution in [0.1, 0.15) is 15.9 Å². The van der Waals surface area contributed by atoms with Crippen LogP contribution >= 0.6 is 0 Å². The predicted molar refractivity (Wildman–Crippen MR) is 98.0 cm³/mol. The summed E-state index contributed by atoms with van der Waals surface area (Å²) in [5, 5.41) is 20.6. The van der Waals surface area contributed by atoms with Crippen LogP contribution in [0.4, 0.5) is 0 Å². The quantitative estimate of drug-likeness (QED) is 0.540. The number of phenols is 2. The lowest BCUT2D eigenvalue weighted by atomic mass is 10.0. The number of carbonyl (C=O) groups is 1. The molecule has 3 rings (SSSR count). The normalized spacial score (nSPS) is 11.0. The van der Waals surface area contributed by atoms with E-state index >= 15 is 0 Å². The molecule has 0 bridgehead atoms. The molecule has 0 saturated heterocycles. The Morgan fingerprint density at radius 2 is 1.85 bits per heavy atom. The fourth-order valence-electron chi connectivity index (χ4n) is 2.75. The number of fused-ring (bicyclic) bond motifs is 1. The van der Waals surface area contributed by atoms with E-state index in [9.17, 15) is 15.0 Å². The topological polar surface area (TPSA) is 88.9 Å². The summed E-state index contributed by atoms with van der Waals surface area (Å²) >= 11 is 0. The molecule has 1 aromatic heterocycles. The highest BCUT2D eigenvalue weighted by Crippen LogP contribution is 2.44. The molecule has 2 N–H and O–H groups in total. The number of benzene rings is 2. The first kappa shape index (κ1) is 17.3. The molecule has 3 aromatic rings. The molecule has 0 saturated carbocycles. The third-order valence-corrected chi connectivity index (χ3v) is 3.90. The van der Waals surface area contributed by atoms with Crippen molar-refractivity contribution in [3.63, 3.8) is 0 Å². The zero-order chi connectivity index (χ0) is 18.7. The van der Waals surface area contributed by atoms with Gasteiger partial charge in [-0.3, -0.25) is 9.78 Å². The van der Waals surface area contributed by atoms with Gasteiger partial charge in [-0.05, 0) is 35.9 Å². The number of methoxy groups -OCH3 is 2. The Bertz CT molecular complexity index is 1010.